The summed E-state index contributed by atoms with van der Waals surface area (Å²) >= 11 is 0. The van der Waals surface area contributed by atoms with E-state index in [1.165, 1.54) is 11.8 Å². The lowest BCUT2D eigenvalue weighted by molar-refractivity contribution is -0.159. The van der Waals surface area contributed by atoms with Gasteiger partial charge in [0.1, 0.15) is 35.1 Å². The Morgan fingerprint density at radius 1 is 0.881 bits per heavy atom. The van der Waals surface area contributed by atoms with E-state index in [0.29, 0.717) is 5.56 Å². The number of nitrogens with zero attached hydrogens (tertiary/aromatic N) is 1. The van der Waals surface area contributed by atoms with Crippen LogP contribution in [-0.2, 0) is 30.3 Å². The maximum Gasteiger partial charge on any atom is 0.408 e. The van der Waals surface area contributed by atoms with Crippen molar-refractivity contribution in [1.82, 2.24) is 15.5 Å². The molecule has 0 fully saturated rings. The normalized spacial score (nSPS) is 13.7. The third kappa shape index (κ3) is 10.1. The van der Waals surface area contributed by atoms with Crippen molar-refractivity contribution in [1.29, 1.82) is 0 Å². The molecule has 0 aliphatic heterocycles. The lowest BCUT2D eigenvalue weighted by Crippen LogP contribution is -2.54. The quantitative estimate of drug-likeness (QED) is 0.349. The number of amides is 3. The van der Waals surface area contributed by atoms with Crippen LogP contribution in [0.2, 0.25) is 0 Å². The molecule has 0 bridgehead atoms. The fraction of sp³-hybridized carbons (Fsp3) is 0.500. The van der Waals surface area contributed by atoms with E-state index in [2.05, 4.69) is 10.6 Å². The molecular formula is C32H45N3O7. The van der Waals surface area contributed by atoms with Gasteiger partial charge in [0.05, 0.1) is 0 Å². The summed E-state index contributed by atoms with van der Waals surface area (Å²) in [6.45, 7) is 15.2. The minimum absolute atomic E-state index is 0.0560. The molecule has 0 saturated carbocycles. The molecule has 3 atom stereocenters. The van der Waals surface area contributed by atoms with Crippen LogP contribution in [0, 0.1) is 6.92 Å². The van der Waals surface area contributed by atoms with Crippen molar-refractivity contribution in [3.63, 3.8) is 0 Å². The molecule has 230 valence electrons. The van der Waals surface area contributed by atoms with Crippen molar-refractivity contribution in [2.75, 3.05) is 6.54 Å². The fourth-order valence-corrected chi connectivity index (χ4v) is 4.28. The summed E-state index contributed by atoms with van der Waals surface area (Å²) < 4.78 is 10.9. The van der Waals surface area contributed by atoms with E-state index in [-0.39, 0.29) is 24.3 Å². The third-order valence-electron chi connectivity index (χ3n) is 6.14. The number of rotatable bonds is 10. The van der Waals surface area contributed by atoms with Crippen LogP contribution >= 0.6 is 0 Å². The molecule has 2 rings (SSSR count). The van der Waals surface area contributed by atoms with Crippen LogP contribution < -0.4 is 10.6 Å². The molecule has 2 aromatic rings. The molecule has 10 nitrogen and oxygen atoms in total. The molecule has 3 N–H and O–H groups in total. The first-order valence-electron chi connectivity index (χ1n) is 14.1. The predicted molar refractivity (Wildman–Crippen MR) is 160 cm³/mol. The van der Waals surface area contributed by atoms with E-state index in [9.17, 15) is 24.3 Å². The van der Waals surface area contributed by atoms with Crippen LogP contribution in [0.1, 0.15) is 78.1 Å². The Kier molecular flexibility index (Phi) is 11.5. The summed E-state index contributed by atoms with van der Waals surface area (Å²) in [5.41, 5.74) is -0.111. The van der Waals surface area contributed by atoms with Crippen LogP contribution in [0.4, 0.5) is 4.79 Å². The number of carbonyl (C=O) groups excluding carboxylic acids is 4. The fourth-order valence-electron chi connectivity index (χ4n) is 4.28. The molecule has 0 spiro atoms. The Morgan fingerprint density at radius 2 is 1.48 bits per heavy atom. The zero-order valence-electron chi connectivity index (χ0n) is 26.1. The van der Waals surface area contributed by atoms with Gasteiger partial charge < -0.3 is 30.1 Å². The first-order valence-corrected chi connectivity index (χ1v) is 14.1. The van der Waals surface area contributed by atoms with Crippen LogP contribution in [-0.4, -0.2) is 63.7 Å². The molecular weight excluding hydrogens is 538 g/mol. The monoisotopic (exact) mass is 583 g/mol. The molecule has 2 aromatic carbocycles. The van der Waals surface area contributed by atoms with Crippen molar-refractivity contribution in [2.24, 2.45) is 0 Å². The van der Waals surface area contributed by atoms with Crippen LogP contribution in [0.3, 0.4) is 0 Å². The number of aryl methyl sites for hydroxylation is 1. The summed E-state index contributed by atoms with van der Waals surface area (Å²) in [7, 11) is 0. The number of hydrogen-bond acceptors (Lipinski definition) is 7. The topological polar surface area (TPSA) is 134 Å². The molecule has 0 aliphatic carbocycles. The van der Waals surface area contributed by atoms with Crippen LogP contribution in [0.5, 0.6) is 5.75 Å². The van der Waals surface area contributed by atoms with Crippen LogP contribution in [0.15, 0.2) is 48.5 Å². The van der Waals surface area contributed by atoms with Gasteiger partial charge in [-0.2, -0.15) is 0 Å². The Hall–Kier alpha value is -4.08. The molecule has 0 heterocycles. The zero-order chi connectivity index (χ0) is 31.8. The molecule has 10 heteroatoms. The van der Waals surface area contributed by atoms with Gasteiger partial charge in [0.2, 0.25) is 11.8 Å². The number of benzene rings is 2. The first kappa shape index (κ1) is 34.1. The highest BCUT2D eigenvalue weighted by molar-refractivity contribution is 5.94. The van der Waals surface area contributed by atoms with E-state index >= 15 is 0 Å². The summed E-state index contributed by atoms with van der Waals surface area (Å²) in [6, 6.07) is 10.6. The maximum absolute atomic E-state index is 14.1. The smallest absolute Gasteiger partial charge is 0.408 e. The number of aromatic hydroxyl groups is 1. The minimum atomic E-state index is -1.33. The van der Waals surface area contributed by atoms with Gasteiger partial charge in [-0.25, -0.2) is 9.59 Å². The second-order valence-corrected chi connectivity index (χ2v) is 12.2. The van der Waals surface area contributed by atoms with Crippen molar-refractivity contribution in [2.45, 2.75) is 98.1 Å². The molecule has 3 unspecified atom stereocenters. The van der Waals surface area contributed by atoms with Gasteiger partial charge in [0.25, 0.3) is 0 Å². The summed E-state index contributed by atoms with van der Waals surface area (Å²) in [5, 5.41) is 16.3. The predicted octanol–water partition coefficient (Wildman–Crippen LogP) is 4.57. The Labute approximate surface area is 248 Å². The number of para-hydroxylation sites is 1. The van der Waals surface area contributed by atoms with E-state index in [0.717, 1.165) is 5.56 Å². The lowest BCUT2D eigenvalue weighted by Gasteiger charge is -2.34. The van der Waals surface area contributed by atoms with Gasteiger partial charge in [0, 0.05) is 18.5 Å². The molecule has 3 amide bonds. The number of phenols is 1. The maximum atomic E-state index is 14.1. The highest BCUT2D eigenvalue weighted by atomic mass is 16.6. The highest BCUT2D eigenvalue weighted by Crippen LogP contribution is 2.32. The number of carbonyl (C=O) groups is 4. The largest absolute Gasteiger partial charge is 0.507 e. The van der Waals surface area contributed by atoms with Crippen molar-refractivity contribution in [3.05, 3.63) is 65.2 Å². The zero-order valence-corrected chi connectivity index (χ0v) is 26.1. The highest BCUT2D eigenvalue weighted by Gasteiger charge is 2.38. The third-order valence-corrected chi connectivity index (χ3v) is 6.14. The standard InChI is InChI=1S/C32H45N3O7/c1-10-35(28(38)21(3)33-30(40)42-32(7,8)9)25(23-18-14-15-20(2)26(23)36)27(37)34-24(29(39)41-31(4,5)6)19-22-16-12-11-13-17-22/h11-18,21,24-25,36H,10,19H2,1-9H3,(H,33,40)(H,34,37). The summed E-state index contributed by atoms with van der Waals surface area (Å²) in [5.74, 6) is -2.07. The lowest BCUT2D eigenvalue weighted by atomic mass is 9.98. The van der Waals surface area contributed by atoms with E-state index in [1.54, 1.807) is 73.6 Å². The van der Waals surface area contributed by atoms with E-state index in [1.807, 2.05) is 30.3 Å². The van der Waals surface area contributed by atoms with Gasteiger partial charge in [-0.05, 0) is 73.4 Å². The average Bonchev–Trinajstić information content (AvgIpc) is 2.86. The molecule has 0 aromatic heterocycles. The van der Waals surface area contributed by atoms with Crippen LogP contribution in [0.25, 0.3) is 0 Å². The number of likely N-dealkylation sites (N-methyl/N-ethyl adjacent to an activating group) is 1. The summed E-state index contributed by atoms with van der Waals surface area (Å²) in [6.07, 6.45) is -0.642. The van der Waals surface area contributed by atoms with E-state index in [4.69, 9.17) is 9.47 Å². The first-order chi connectivity index (χ1) is 19.4. The van der Waals surface area contributed by atoms with Gasteiger partial charge in [-0.1, -0.05) is 48.5 Å². The average molecular weight is 584 g/mol. The second-order valence-electron chi connectivity index (χ2n) is 12.2. The number of alkyl carbamates (subject to hydrolysis) is 1. The van der Waals surface area contributed by atoms with Crippen molar-refractivity contribution < 1.29 is 33.8 Å². The number of hydrogen-bond donors (Lipinski definition) is 3. The Morgan fingerprint density at radius 3 is 2.02 bits per heavy atom. The number of nitrogens with one attached hydrogen (secondary N) is 2. The second kappa shape index (κ2) is 14.2. The van der Waals surface area contributed by atoms with Gasteiger partial charge in [-0.3, -0.25) is 9.59 Å². The van der Waals surface area contributed by atoms with Gasteiger partial charge in [0.15, 0.2) is 0 Å². The summed E-state index contributed by atoms with van der Waals surface area (Å²) in [4.78, 5) is 54.7. The van der Waals surface area contributed by atoms with Crippen molar-refractivity contribution >= 4 is 23.9 Å². The van der Waals surface area contributed by atoms with Gasteiger partial charge >= 0.3 is 12.1 Å². The minimum Gasteiger partial charge on any atom is -0.507 e. The molecule has 0 radical (unpaired) electrons. The molecule has 0 aliphatic rings. The van der Waals surface area contributed by atoms with Crippen molar-refractivity contribution in [3.8, 4) is 5.75 Å². The SMILES string of the molecule is CCN(C(=O)C(C)NC(=O)OC(C)(C)C)C(C(=O)NC(Cc1ccccc1)C(=O)OC(C)(C)C)c1cccc(C)c1O. The van der Waals surface area contributed by atoms with E-state index < -0.39 is 53.2 Å². The Bertz CT molecular complexity index is 1250. The molecule has 0 saturated heterocycles. The Balaban J connectivity index is 2.50. The number of esters is 1. The number of ether oxygens (including phenoxy) is 2. The van der Waals surface area contributed by atoms with Gasteiger partial charge in [-0.15, -0.1) is 0 Å². The number of phenolic OH excluding ortho intramolecular Hbond substituents is 1. The molecule has 42 heavy (non-hydrogen) atoms.